The maximum atomic E-state index is 12.6. The Morgan fingerprint density at radius 1 is 1.00 bits per heavy atom. The zero-order valence-corrected chi connectivity index (χ0v) is 15.7. The van der Waals surface area contributed by atoms with Crippen LogP contribution in [0, 0.1) is 5.92 Å². The average molecular weight is 354 g/mol. The Morgan fingerprint density at radius 2 is 1.65 bits per heavy atom. The average Bonchev–Trinajstić information content (AvgIpc) is 2.69. The molecule has 4 nitrogen and oxygen atoms in total. The van der Waals surface area contributed by atoms with Crippen LogP contribution < -0.4 is 5.32 Å². The second kappa shape index (κ2) is 9.02. The first-order valence-corrected chi connectivity index (χ1v) is 9.96. The van der Waals surface area contributed by atoms with Gasteiger partial charge in [-0.3, -0.25) is 9.59 Å². The van der Waals surface area contributed by atoms with E-state index in [9.17, 15) is 9.59 Å². The number of piperidine rings is 1. The minimum Gasteiger partial charge on any atom is -0.350 e. The van der Waals surface area contributed by atoms with Crippen LogP contribution in [0.25, 0.3) is 5.57 Å². The fourth-order valence-corrected chi connectivity index (χ4v) is 4.08. The molecule has 2 fully saturated rings. The van der Waals surface area contributed by atoms with E-state index in [1.54, 1.807) is 6.08 Å². The lowest BCUT2D eigenvalue weighted by Gasteiger charge is -2.35. The van der Waals surface area contributed by atoms with Gasteiger partial charge in [0.25, 0.3) is 0 Å². The highest BCUT2D eigenvalue weighted by molar-refractivity contribution is 5.95. The quantitative estimate of drug-likeness (QED) is 0.837. The molecule has 0 unspecified atom stereocenters. The maximum absolute atomic E-state index is 12.6. The molecule has 2 aliphatic rings. The molecule has 2 amide bonds. The Balaban J connectivity index is 1.46. The zero-order valence-electron chi connectivity index (χ0n) is 15.7. The number of likely N-dealkylation sites (tertiary alicyclic amines) is 1. The lowest BCUT2D eigenvalue weighted by molar-refractivity contribution is -0.137. The third-order valence-corrected chi connectivity index (χ3v) is 5.68. The van der Waals surface area contributed by atoms with Crippen molar-refractivity contribution in [3.8, 4) is 0 Å². The second-order valence-corrected chi connectivity index (χ2v) is 7.64. The van der Waals surface area contributed by atoms with Crippen molar-refractivity contribution in [1.29, 1.82) is 0 Å². The zero-order chi connectivity index (χ0) is 18.4. The molecule has 1 aliphatic heterocycles. The van der Waals surface area contributed by atoms with Crippen LogP contribution in [-0.2, 0) is 9.59 Å². The fourth-order valence-electron chi connectivity index (χ4n) is 4.08. The molecule has 4 heteroatoms. The number of nitrogens with one attached hydrogen (secondary N) is 1. The molecule has 0 bridgehead atoms. The molecule has 1 saturated carbocycles. The predicted octanol–water partition coefficient (Wildman–Crippen LogP) is 3.78. The van der Waals surface area contributed by atoms with Gasteiger partial charge in [-0.25, -0.2) is 0 Å². The molecule has 0 atom stereocenters. The van der Waals surface area contributed by atoms with Crippen molar-refractivity contribution >= 4 is 17.4 Å². The van der Waals surface area contributed by atoms with Gasteiger partial charge in [0.05, 0.1) is 0 Å². The summed E-state index contributed by atoms with van der Waals surface area (Å²) in [7, 11) is 0. The van der Waals surface area contributed by atoms with Crippen LogP contribution in [0.4, 0.5) is 0 Å². The van der Waals surface area contributed by atoms with E-state index in [1.807, 2.05) is 42.2 Å². The number of hydrogen-bond donors (Lipinski definition) is 1. The Kier molecular flexibility index (Phi) is 6.48. The topological polar surface area (TPSA) is 49.4 Å². The highest BCUT2D eigenvalue weighted by atomic mass is 16.2. The van der Waals surface area contributed by atoms with E-state index in [2.05, 4.69) is 5.32 Å². The minimum absolute atomic E-state index is 0.0385. The number of carbonyl (C=O) groups is 2. The van der Waals surface area contributed by atoms with Gasteiger partial charge in [0.1, 0.15) is 0 Å². The summed E-state index contributed by atoms with van der Waals surface area (Å²) in [5.74, 6) is 0.545. The summed E-state index contributed by atoms with van der Waals surface area (Å²) in [6.45, 7) is 3.49. The van der Waals surface area contributed by atoms with Gasteiger partial charge in [0.2, 0.25) is 11.8 Å². The molecule has 0 spiro atoms. The van der Waals surface area contributed by atoms with Crippen LogP contribution in [-0.4, -0.2) is 35.8 Å². The number of allylic oxidation sites excluding steroid dienone is 1. The van der Waals surface area contributed by atoms with Gasteiger partial charge in [-0.15, -0.1) is 0 Å². The van der Waals surface area contributed by atoms with Crippen molar-refractivity contribution in [2.45, 2.75) is 57.9 Å². The molecule has 0 radical (unpaired) electrons. The smallest absolute Gasteiger partial charge is 0.244 e. The van der Waals surface area contributed by atoms with E-state index < -0.39 is 0 Å². The maximum Gasteiger partial charge on any atom is 0.244 e. The van der Waals surface area contributed by atoms with E-state index in [0.29, 0.717) is 5.91 Å². The summed E-state index contributed by atoms with van der Waals surface area (Å²) in [6.07, 6.45) is 9.14. The van der Waals surface area contributed by atoms with E-state index in [4.69, 9.17) is 0 Å². The van der Waals surface area contributed by atoms with Crippen molar-refractivity contribution in [3.63, 3.8) is 0 Å². The van der Waals surface area contributed by atoms with Crippen molar-refractivity contribution < 1.29 is 9.59 Å². The molecule has 1 heterocycles. The normalized spacial score (nSPS) is 20.0. The first-order valence-electron chi connectivity index (χ1n) is 9.96. The summed E-state index contributed by atoms with van der Waals surface area (Å²) in [6, 6.07) is 10.1. The van der Waals surface area contributed by atoms with Gasteiger partial charge >= 0.3 is 0 Å². The highest BCUT2D eigenvalue weighted by Gasteiger charge is 2.29. The number of rotatable bonds is 4. The minimum atomic E-state index is -0.0385. The van der Waals surface area contributed by atoms with Crippen LogP contribution in [0.1, 0.15) is 57.4 Å². The largest absolute Gasteiger partial charge is 0.350 e. The fraction of sp³-hybridized carbons (Fsp3) is 0.545. The van der Waals surface area contributed by atoms with Crippen LogP contribution in [0.2, 0.25) is 0 Å². The van der Waals surface area contributed by atoms with Crippen LogP contribution in [0.15, 0.2) is 36.4 Å². The van der Waals surface area contributed by atoms with Gasteiger partial charge in [-0.2, -0.15) is 0 Å². The van der Waals surface area contributed by atoms with E-state index in [-0.39, 0.29) is 17.9 Å². The standard InChI is InChI=1S/C22H30N2O2/c1-17(18-8-4-2-5-9-18)16-21(25)23-20-12-14-24(15-13-20)22(26)19-10-6-3-7-11-19/h2,4-5,8-9,16,19-20H,3,6-7,10-15H2,1H3,(H,23,25). The second-order valence-electron chi connectivity index (χ2n) is 7.64. The third-order valence-electron chi connectivity index (χ3n) is 5.68. The predicted molar refractivity (Wildman–Crippen MR) is 104 cm³/mol. The van der Waals surface area contributed by atoms with E-state index in [1.165, 1.54) is 19.3 Å². The first kappa shape index (κ1) is 18.7. The molecular formula is C22H30N2O2. The molecule has 0 aromatic heterocycles. The lowest BCUT2D eigenvalue weighted by atomic mass is 9.87. The summed E-state index contributed by atoms with van der Waals surface area (Å²) in [5.41, 5.74) is 2.03. The van der Waals surface area contributed by atoms with Gasteiger partial charge < -0.3 is 10.2 Å². The highest BCUT2D eigenvalue weighted by Crippen LogP contribution is 2.26. The molecule has 3 rings (SSSR count). The van der Waals surface area contributed by atoms with Crippen molar-refractivity contribution in [1.82, 2.24) is 10.2 Å². The van der Waals surface area contributed by atoms with Gasteiger partial charge in [-0.05, 0) is 43.7 Å². The van der Waals surface area contributed by atoms with Gasteiger partial charge in [0.15, 0.2) is 0 Å². The Hall–Kier alpha value is -2.10. The summed E-state index contributed by atoms with van der Waals surface area (Å²) >= 11 is 0. The first-order chi connectivity index (χ1) is 12.6. The third kappa shape index (κ3) is 4.96. The molecule has 26 heavy (non-hydrogen) atoms. The molecule has 1 saturated heterocycles. The van der Waals surface area contributed by atoms with Crippen LogP contribution in [0.5, 0.6) is 0 Å². The van der Waals surface area contributed by atoms with Gasteiger partial charge in [0, 0.05) is 31.1 Å². The van der Waals surface area contributed by atoms with Crippen LogP contribution in [0.3, 0.4) is 0 Å². The number of amides is 2. The Morgan fingerprint density at radius 3 is 2.31 bits per heavy atom. The molecule has 1 N–H and O–H groups in total. The van der Waals surface area contributed by atoms with Gasteiger partial charge in [-0.1, -0.05) is 49.6 Å². The molecule has 1 aromatic carbocycles. The lowest BCUT2D eigenvalue weighted by Crippen LogP contribution is -2.48. The van der Waals surface area contributed by atoms with E-state index in [0.717, 1.165) is 49.9 Å². The summed E-state index contributed by atoms with van der Waals surface area (Å²) < 4.78 is 0. The van der Waals surface area contributed by atoms with Crippen molar-refractivity contribution in [2.75, 3.05) is 13.1 Å². The summed E-state index contributed by atoms with van der Waals surface area (Å²) in [4.78, 5) is 26.9. The molecule has 140 valence electrons. The van der Waals surface area contributed by atoms with Crippen LogP contribution >= 0.6 is 0 Å². The number of nitrogens with zero attached hydrogens (tertiary/aromatic N) is 1. The molecule has 1 aliphatic carbocycles. The van der Waals surface area contributed by atoms with E-state index >= 15 is 0 Å². The van der Waals surface area contributed by atoms with Crippen molar-refractivity contribution in [2.24, 2.45) is 5.92 Å². The Labute approximate surface area is 156 Å². The number of carbonyl (C=O) groups excluding carboxylic acids is 2. The number of benzene rings is 1. The van der Waals surface area contributed by atoms with Crippen molar-refractivity contribution in [3.05, 3.63) is 42.0 Å². The monoisotopic (exact) mass is 354 g/mol. The Bertz CT molecular complexity index is 639. The summed E-state index contributed by atoms with van der Waals surface area (Å²) in [5, 5.41) is 3.11. The molecular weight excluding hydrogens is 324 g/mol. The number of hydrogen-bond acceptors (Lipinski definition) is 2. The SMILES string of the molecule is CC(=CC(=O)NC1CCN(C(=O)C2CCCCC2)CC1)c1ccccc1. The molecule has 1 aromatic rings.